The average Bonchev–Trinajstić information content (AvgIpc) is 2.52. The molecule has 1 fully saturated rings. The summed E-state index contributed by atoms with van der Waals surface area (Å²) in [4.78, 5) is 12.5. The van der Waals surface area contributed by atoms with Crippen LogP contribution in [0.3, 0.4) is 0 Å². The monoisotopic (exact) mass is 326 g/mol. The van der Waals surface area contributed by atoms with Gasteiger partial charge in [0, 0.05) is 10.3 Å². The van der Waals surface area contributed by atoms with Crippen LogP contribution in [-0.4, -0.2) is 23.4 Å². The fraction of sp³-hybridized carbons (Fsp3) is 0.588. The summed E-state index contributed by atoms with van der Waals surface area (Å²) in [6.45, 7) is 2.67. The van der Waals surface area contributed by atoms with Crippen molar-refractivity contribution in [2.45, 2.75) is 50.7 Å². The van der Waals surface area contributed by atoms with Gasteiger partial charge >= 0.3 is 0 Å². The summed E-state index contributed by atoms with van der Waals surface area (Å²) >= 11 is 7.82. The highest BCUT2D eigenvalue weighted by molar-refractivity contribution is 8.00. The summed E-state index contributed by atoms with van der Waals surface area (Å²) in [7, 11) is 0. The molecule has 2 rings (SSSR count). The third-order valence-corrected chi connectivity index (χ3v) is 5.31. The van der Waals surface area contributed by atoms with E-state index in [-0.39, 0.29) is 5.78 Å². The van der Waals surface area contributed by atoms with Gasteiger partial charge in [0.05, 0.1) is 17.9 Å². The minimum Gasteiger partial charge on any atom is -0.493 e. The molecule has 0 unspecified atom stereocenters. The highest BCUT2D eigenvalue weighted by Gasteiger charge is 2.18. The first-order valence-electron chi connectivity index (χ1n) is 7.78. The summed E-state index contributed by atoms with van der Waals surface area (Å²) in [6, 6.07) is 5.31. The maximum atomic E-state index is 12.5. The van der Waals surface area contributed by atoms with Gasteiger partial charge < -0.3 is 4.74 Å². The molecule has 1 saturated carbocycles. The minimum absolute atomic E-state index is 0.124. The van der Waals surface area contributed by atoms with Gasteiger partial charge in [0.25, 0.3) is 0 Å². The number of carbonyl (C=O) groups is 1. The Morgan fingerprint density at radius 1 is 1.33 bits per heavy atom. The molecule has 0 bridgehead atoms. The van der Waals surface area contributed by atoms with E-state index in [1.165, 1.54) is 32.1 Å². The summed E-state index contributed by atoms with van der Waals surface area (Å²) in [6.07, 6.45) is 7.35. The van der Waals surface area contributed by atoms with E-state index in [1.54, 1.807) is 30.0 Å². The predicted molar refractivity (Wildman–Crippen MR) is 90.9 cm³/mol. The van der Waals surface area contributed by atoms with Gasteiger partial charge in [-0.25, -0.2) is 0 Å². The van der Waals surface area contributed by atoms with Crippen molar-refractivity contribution < 1.29 is 9.53 Å². The molecular formula is C17H23ClO2S. The SMILES string of the molecule is CCCOc1ccc(Cl)cc1C(=O)CSC1CCCCC1. The molecule has 4 heteroatoms. The Labute approximate surface area is 136 Å². The molecule has 0 amide bonds. The van der Waals surface area contributed by atoms with E-state index in [4.69, 9.17) is 16.3 Å². The lowest BCUT2D eigenvalue weighted by molar-refractivity contribution is 0.101. The molecule has 1 aliphatic carbocycles. The zero-order valence-corrected chi connectivity index (χ0v) is 14.1. The van der Waals surface area contributed by atoms with Gasteiger partial charge in [-0.2, -0.15) is 11.8 Å². The van der Waals surface area contributed by atoms with Crippen LogP contribution in [0.1, 0.15) is 55.8 Å². The number of rotatable bonds is 7. The maximum Gasteiger partial charge on any atom is 0.176 e. The number of carbonyl (C=O) groups excluding carboxylic acids is 1. The van der Waals surface area contributed by atoms with Crippen LogP contribution < -0.4 is 4.74 Å². The van der Waals surface area contributed by atoms with E-state index in [2.05, 4.69) is 6.92 Å². The number of hydrogen-bond acceptors (Lipinski definition) is 3. The maximum absolute atomic E-state index is 12.5. The van der Waals surface area contributed by atoms with Crippen molar-refractivity contribution in [3.8, 4) is 5.75 Å². The quantitative estimate of drug-likeness (QED) is 0.629. The van der Waals surface area contributed by atoms with Crippen molar-refractivity contribution in [1.29, 1.82) is 0 Å². The molecule has 0 aromatic heterocycles. The lowest BCUT2D eigenvalue weighted by Crippen LogP contribution is -2.13. The Bertz CT molecular complexity index is 470. The molecule has 1 aromatic rings. The topological polar surface area (TPSA) is 26.3 Å². The van der Waals surface area contributed by atoms with Gasteiger partial charge in [-0.05, 0) is 37.5 Å². The van der Waals surface area contributed by atoms with Crippen molar-refractivity contribution in [2.24, 2.45) is 0 Å². The number of halogens is 1. The smallest absolute Gasteiger partial charge is 0.176 e. The molecule has 0 aliphatic heterocycles. The summed E-state index contributed by atoms with van der Waals surface area (Å²) in [5, 5.41) is 1.23. The van der Waals surface area contributed by atoms with Gasteiger partial charge in [0.15, 0.2) is 5.78 Å². The molecule has 0 atom stereocenters. The van der Waals surface area contributed by atoms with E-state index < -0.39 is 0 Å². The Kier molecular flexibility index (Phi) is 6.91. The van der Waals surface area contributed by atoms with Crippen LogP contribution in [0.5, 0.6) is 5.75 Å². The second-order valence-corrected chi connectivity index (χ2v) is 7.21. The van der Waals surface area contributed by atoms with E-state index in [1.807, 2.05) is 0 Å². The van der Waals surface area contributed by atoms with Crippen LogP contribution in [0.4, 0.5) is 0 Å². The Morgan fingerprint density at radius 3 is 2.81 bits per heavy atom. The number of ether oxygens (including phenoxy) is 1. The van der Waals surface area contributed by atoms with Gasteiger partial charge in [-0.1, -0.05) is 37.8 Å². The van der Waals surface area contributed by atoms with Crippen LogP contribution >= 0.6 is 23.4 Å². The standard InChI is InChI=1S/C17H23ClO2S/c1-2-10-20-17-9-8-13(18)11-15(17)16(19)12-21-14-6-4-3-5-7-14/h8-9,11,14H,2-7,10,12H2,1H3. The third kappa shape index (κ3) is 5.23. The summed E-state index contributed by atoms with van der Waals surface area (Å²) < 4.78 is 5.67. The number of thioether (sulfide) groups is 1. The Morgan fingerprint density at radius 2 is 2.10 bits per heavy atom. The van der Waals surface area contributed by atoms with Crippen LogP contribution in [0.15, 0.2) is 18.2 Å². The van der Waals surface area contributed by atoms with Gasteiger partial charge in [-0.3, -0.25) is 4.79 Å². The summed E-state index contributed by atoms with van der Waals surface area (Å²) in [5.74, 6) is 1.31. The zero-order chi connectivity index (χ0) is 15.1. The lowest BCUT2D eigenvalue weighted by Gasteiger charge is -2.20. The van der Waals surface area contributed by atoms with Crippen molar-refractivity contribution >= 4 is 29.1 Å². The van der Waals surface area contributed by atoms with Crippen molar-refractivity contribution in [2.75, 3.05) is 12.4 Å². The number of benzene rings is 1. The second-order valence-electron chi connectivity index (χ2n) is 5.48. The average molecular weight is 327 g/mol. The molecule has 0 heterocycles. The van der Waals surface area contributed by atoms with E-state index >= 15 is 0 Å². The molecule has 1 aromatic carbocycles. The van der Waals surface area contributed by atoms with Crippen LogP contribution in [0.2, 0.25) is 5.02 Å². The van der Waals surface area contributed by atoms with Gasteiger partial charge in [0.1, 0.15) is 5.75 Å². The largest absolute Gasteiger partial charge is 0.493 e. The summed E-state index contributed by atoms with van der Waals surface area (Å²) in [5.41, 5.74) is 0.624. The first-order valence-corrected chi connectivity index (χ1v) is 9.20. The molecular weight excluding hydrogens is 304 g/mol. The Hall–Kier alpha value is -0.670. The highest BCUT2D eigenvalue weighted by atomic mass is 35.5. The molecule has 0 spiro atoms. The van der Waals surface area contributed by atoms with Crippen molar-refractivity contribution in [1.82, 2.24) is 0 Å². The minimum atomic E-state index is 0.124. The second kappa shape index (κ2) is 8.70. The third-order valence-electron chi connectivity index (χ3n) is 3.71. The van der Waals surface area contributed by atoms with Crippen LogP contribution in [-0.2, 0) is 0 Å². The normalized spacial score (nSPS) is 15.9. The fourth-order valence-corrected chi connectivity index (χ4v) is 3.94. The first kappa shape index (κ1) is 16.7. The molecule has 2 nitrogen and oxygen atoms in total. The molecule has 0 saturated heterocycles. The molecule has 1 aliphatic rings. The molecule has 116 valence electrons. The predicted octanol–water partition coefficient (Wildman–Crippen LogP) is 5.38. The van der Waals surface area contributed by atoms with Crippen LogP contribution in [0, 0.1) is 0 Å². The molecule has 0 radical (unpaired) electrons. The molecule has 0 N–H and O–H groups in total. The number of hydrogen-bond donors (Lipinski definition) is 0. The molecule has 21 heavy (non-hydrogen) atoms. The first-order chi connectivity index (χ1) is 10.2. The van der Waals surface area contributed by atoms with E-state index in [0.29, 0.717) is 33.9 Å². The highest BCUT2D eigenvalue weighted by Crippen LogP contribution is 2.30. The lowest BCUT2D eigenvalue weighted by atomic mass is 10.0. The fourth-order valence-electron chi connectivity index (χ4n) is 2.56. The van der Waals surface area contributed by atoms with Gasteiger partial charge in [0.2, 0.25) is 0 Å². The van der Waals surface area contributed by atoms with Gasteiger partial charge in [-0.15, -0.1) is 0 Å². The number of Topliss-reactive ketones (excluding diaryl/α,β-unsaturated/α-hetero) is 1. The van der Waals surface area contributed by atoms with E-state index in [0.717, 1.165) is 6.42 Å². The van der Waals surface area contributed by atoms with Crippen LogP contribution in [0.25, 0.3) is 0 Å². The Balaban J connectivity index is 1.97. The van der Waals surface area contributed by atoms with Crippen molar-refractivity contribution in [3.05, 3.63) is 28.8 Å². The van der Waals surface area contributed by atoms with E-state index in [9.17, 15) is 4.79 Å². The van der Waals surface area contributed by atoms with Crippen molar-refractivity contribution in [3.63, 3.8) is 0 Å². The zero-order valence-electron chi connectivity index (χ0n) is 12.6. The number of ketones is 1.